The molecule has 5 heteroatoms. The minimum atomic E-state index is -0.419. The molecule has 0 unspecified atom stereocenters. The molecule has 0 spiro atoms. The van der Waals surface area contributed by atoms with Crippen LogP contribution in [0.3, 0.4) is 0 Å². The lowest BCUT2D eigenvalue weighted by Crippen LogP contribution is -2.41. The quantitative estimate of drug-likeness (QED) is 0.0927. The summed E-state index contributed by atoms with van der Waals surface area (Å²) >= 11 is 0. The monoisotopic (exact) mass is 605 g/mol. The Bertz CT molecular complexity index is 1380. The zero-order valence-corrected chi connectivity index (χ0v) is 26.7. The molecule has 0 saturated carbocycles. The van der Waals surface area contributed by atoms with Crippen molar-refractivity contribution in [2.75, 3.05) is 11.5 Å². The van der Waals surface area contributed by atoms with Crippen LogP contribution in [-0.2, 0) is 14.3 Å². The van der Waals surface area contributed by atoms with Crippen LogP contribution in [0, 0.1) is 11.8 Å². The first-order valence-corrected chi connectivity index (χ1v) is 17.4. The highest BCUT2D eigenvalue weighted by atomic mass is 16.5. The van der Waals surface area contributed by atoms with Gasteiger partial charge in [-0.25, -0.2) is 9.69 Å². The van der Waals surface area contributed by atoms with Gasteiger partial charge >= 0.3 is 5.97 Å². The molecule has 0 aromatic heterocycles. The van der Waals surface area contributed by atoms with E-state index in [9.17, 15) is 14.4 Å². The van der Waals surface area contributed by atoms with Crippen LogP contribution in [0.25, 0.3) is 0 Å². The van der Waals surface area contributed by atoms with Gasteiger partial charge in [0.25, 0.3) is 0 Å². The minimum Gasteiger partial charge on any atom is -0.462 e. The molecule has 0 radical (unpaired) electrons. The maximum absolute atomic E-state index is 14.0. The van der Waals surface area contributed by atoms with E-state index in [1.807, 2.05) is 24.3 Å². The summed E-state index contributed by atoms with van der Waals surface area (Å²) in [5.74, 6) is -1.77. The Morgan fingerprint density at radius 1 is 0.578 bits per heavy atom. The average molecular weight is 606 g/mol. The summed E-state index contributed by atoms with van der Waals surface area (Å²) in [5, 5.41) is 0. The number of esters is 1. The molecule has 0 N–H and O–H groups in total. The highest BCUT2D eigenvalue weighted by molar-refractivity contribution is 6.23. The highest BCUT2D eigenvalue weighted by Gasteiger charge is 2.61. The molecule has 2 amide bonds. The Balaban J connectivity index is 0.977. The van der Waals surface area contributed by atoms with Crippen molar-refractivity contribution in [3.05, 3.63) is 101 Å². The number of ether oxygens (including phenoxy) is 1. The second-order valence-corrected chi connectivity index (χ2v) is 13.2. The van der Waals surface area contributed by atoms with Gasteiger partial charge in [0.1, 0.15) is 0 Å². The molecule has 1 heterocycles. The molecule has 236 valence electrons. The van der Waals surface area contributed by atoms with Crippen LogP contribution < -0.4 is 4.90 Å². The Morgan fingerprint density at radius 2 is 0.978 bits per heavy atom. The first-order valence-electron chi connectivity index (χ1n) is 17.4. The van der Waals surface area contributed by atoms with Crippen LogP contribution in [0.4, 0.5) is 5.69 Å². The van der Waals surface area contributed by atoms with Crippen molar-refractivity contribution in [2.24, 2.45) is 11.8 Å². The molecule has 5 nitrogen and oxygen atoms in total. The smallest absolute Gasteiger partial charge is 0.338 e. The van der Waals surface area contributed by atoms with Gasteiger partial charge in [0, 0.05) is 11.8 Å². The lowest BCUT2D eigenvalue weighted by Gasteiger charge is -2.45. The fourth-order valence-corrected chi connectivity index (χ4v) is 8.05. The first kappa shape index (κ1) is 31.3. The number of carbonyl (C=O) groups is 3. The van der Waals surface area contributed by atoms with E-state index >= 15 is 0 Å². The van der Waals surface area contributed by atoms with Crippen molar-refractivity contribution < 1.29 is 19.1 Å². The predicted octanol–water partition coefficient (Wildman–Crippen LogP) is 9.33. The van der Waals surface area contributed by atoms with Gasteiger partial charge in [-0.05, 0) is 52.9 Å². The molecule has 7 rings (SSSR count). The lowest BCUT2D eigenvalue weighted by molar-refractivity contribution is -0.122. The van der Waals surface area contributed by atoms with Crippen molar-refractivity contribution >= 4 is 23.5 Å². The van der Waals surface area contributed by atoms with E-state index < -0.39 is 11.8 Å². The maximum Gasteiger partial charge on any atom is 0.338 e. The summed E-state index contributed by atoms with van der Waals surface area (Å²) in [4.78, 5) is 42.0. The van der Waals surface area contributed by atoms with Crippen LogP contribution in [0.2, 0.25) is 0 Å². The van der Waals surface area contributed by atoms with Gasteiger partial charge < -0.3 is 4.74 Å². The van der Waals surface area contributed by atoms with Crippen LogP contribution in [0.5, 0.6) is 0 Å². The maximum atomic E-state index is 14.0. The Hall–Kier alpha value is -3.73. The number of hydrogen-bond donors (Lipinski definition) is 0. The number of imide groups is 1. The second kappa shape index (κ2) is 14.6. The zero-order chi connectivity index (χ0) is 31.2. The predicted molar refractivity (Wildman–Crippen MR) is 178 cm³/mol. The van der Waals surface area contributed by atoms with Crippen molar-refractivity contribution in [1.82, 2.24) is 0 Å². The molecule has 4 aliphatic rings. The van der Waals surface area contributed by atoms with E-state index in [0.29, 0.717) is 17.9 Å². The van der Waals surface area contributed by atoms with E-state index in [2.05, 4.69) is 31.2 Å². The van der Waals surface area contributed by atoms with Crippen LogP contribution in [0.1, 0.15) is 135 Å². The van der Waals surface area contributed by atoms with E-state index in [1.54, 1.807) is 24.3 Å². The molecule has 3 aromatic carbocycles. The van der Waals surface area contributed by atoms with E-state index in [0.717, 1.165) is 35.1 Å². The number of hydrogen-bond acceptors (Lipinski definition) is 4. The van der Waals surface area contributed by atoms with E-state index in [4.69, 9.17) is 4.74 Å². The summed E-state index contributed by atoms with van der Waals surface area (Å²) in [6.07, 6.45) is 16.6. The number of amides is 2. The summed E-state index contributed by atoms with van der Waals surface area (Å²) in [5.41, 5.74) is 5.59. The van der Waals surface area contributed by atoms with Gasteiger partial charge in [-0.1, -0.05) is 133 Å². The van der Waals surface area contributed by atoms with Gasteiger partial charge in [0.05, 0.1) is 29.7 Å². The van der Waals surface area contributed by atoms with E-state index in [-0.39, 0.29) is 29.6 Å². The molecule has 2 bridgehead atoms. The Kier molecular flexibility index (Phi) is 10.1. The normalized spacial score (nSPS) is 21.0. The molecule has 3 aromatic rings. The number of rotatable bonds is 16. The van der Waals surface area contributed by atoms with Crippen LogP contribution in [0.15, 0.2) is 72.8 Å². The SMILES string of the molecule is CCCCCCCCCCCCCCCOC(=O)c1ccc(N2C(=O)[C@H]3C4c5ccccc5C(c5ccccc54)[C@@H]3C2=O)cc1. The summed E-state index contributed by atoms with van der Waals surface area (Å²) in [7, 11) is 0. The molecule has 45 heavy (non-hydrogen) atoms. The van der Waals surface area contributed by atoms with Gasteiger partial charge in [-0.15, -0.1) is 0 Å². The number of unbranched alkanes of at least 4 members (excludes halogenated alkanes) is 12. The fraction of sp³-hybridized carbons (Fsp3) is 0.475. The molecule has 3 aliphatic carbocycles. The molecule has 2 atom stereocenters. The summed E-state index contributed by atoms with van der Waals surface area (Å²) in [6.45, 7) is 2.67. The minimum absolute atomic E-state index is 0.131. The third-order valence-electron chi connectivity index (χ3n) is 10.3. The number of nitrogens with zero attached hydrogens (tertiary/aromatic N) is 1. The van der Waals surface area contributed by atoms with Gasteiger partial charge in [0.2, 0.25) is 11.8 Å². The van der Waals surface area contributed by atoms with Crippen molar-refractivity contribution in [2.45, 2.75) is 102 Å². The average Bonchev–Trinajstić information content (AvgIpc) is 3.34. The zero-order valence-electron chi connectivity index (χ0n) is 26.7. The third kappa shape index (κ3) is 6.36. The lowest BCUT2D eigenvalue weighted by atomic mass is 9.55. The molecule has 1 aliphatic heterocycles. The topological polar surface area (TPSA) is 63.7 Å². The molecule has 1 saturated heterocycles. The van der Waals surface area contributed by atoms with Gasteiger partial charge in [-0.2, -0.15) is 0 Å². The van der Waals surface area contributed by atoms with Crippen molar-refractivity contribution in [3.8, 4) is 0 Å². The largest absolute Gasteiger partial charge is 0.462 e. The summed E-state index contributed by atoms with van der Waals surface area (Å²) < 4.78 is 5.53. The van der Waals surface area contributed by atoms with Gasteiger partial charge in [-0.3, -0.25) is 9.59 Å². The molecular weight excluding hydrogens is 558 g/mol. The van der Waals surface area contributed by atoms with Gasteiger partial charge in [0.15, 0.2) is 0 Å². The van der Waals surface area contributed by atoms with E-state index in [1.165, 1.54) is 75.5 Å². The second-order valence-electron chi connectivity index (χ2n) is 13.2. The molecule has 1 fully saturated rings. The van der Waals surface area contributed by atoms with Crippen molar-refractivity contribution in [1.29, 1.82) is 0 Å². The third-order valence-corrected chi connectivity index (χ3v) is 10.3. The standard InChI is InChI=1S/C40H47NO4/c1-2-3-4-5-6-7-8-9-10-11-12-13-18-27-45-40(44)28-23-25-29(26-24-28)41-38(42)36-34-30-19-14-15-20-31(30)35(37(36)39(41)43)33-22-17-16-21-32(33)34/h14-17,19-26,34-37H,2-13,18,27H2,1H3/t34?,35?,36-,37-/m0/s1. The Labute approximate surface area is 268 Å². The number of benzene rings is 3. The van der Waals surface area contributed by atoms with Crippen LogP contribution >= 0.6 is 0 Å². The van der Waals surface area contributed by atoms with Crippen molar-refractivity contribution in [3.63, 3.8) is 0 Å². The fourth-order valence-electron chi connectivity index (χ4n) is 8.05. The van der Waals surface area contributed by atoms with Crippen LogP contribution in [-0.4, -0.2) is 24.4 Å². The summed E-state index contributed by atoms with van der Waals surface area (Å²) in [6, 6.07) is 23.3. The number of carbonyl (C=O) groups excluding carboxylic acids is 3. The molecular formula is C40H47NO4. The first-order chi connectivity index (χ1) is 22.1. The number of anilines is 1. The Morgan fingerprint density at radius 3 is 1.40 bits per heavy atom. The highest BCUT2D eigenvalue weighted by Crippen LogP contribution is 2.61.